The van der Waals surface area contributed by atoms with Gasteiger partial charge in [-0.05, 0) is 43.7 Å². The number of nitrogens with zero attached hydrogens (tertiary/aromatic N) is 4. The topological polar surface area (TPSA) is 71.7 Å². The number of rotatable bonds is 3. The molecule has 11 heteroatoms. The van der Waals surface area contributed by atoms with E-state index in [1.54, 1.807) is 0 Å². The molecular weight excluding hydrogens is 479 g/mol. The first-order valence-corrected chi connectivity index (χ1v) is 9.95. The van der Waals surface area contributed by atoms with Gasteiger partial charge in [0.05, 0.1) is 32.7 Å². The van der Waals surface area contributed by atoms with Gasteiger partial charge in [0.2, 0.25) is 5.88 Å². The highest BCUT2D eigenvalue weighted by molar-refractivity contribution is 6.36. The predicted octanol–water partition coefficient (Wildman–Crippen LogP) is 6.92. The highest BCUT2D eigenvalue weighted by Gasteiger charge is 2.35. The fourth-order valence-corrected chi connectivity index (χ4v) is 3.73. The average molecular weight is 491 g/mol. The van der Waals surface area contributed by atoms with Gasteiger partial charge in [0.15, 0.2) is 17.3 Å². The van der Waals surface area contributed by atoms with Crippen molar-refractivity contribution in [2.24, 2.45) is 0 Å². The number of halogens is 6. The Hall–Kier alpha value is -3.84. The maximum atomic E-state index is 14.0. The number of fused-ring (bicyclic) bond motifs is 1. The van der Waals surface area contributed by atoms with Crippen molar-refractivity contribution in [1.82, 2.24) is 15.0 Å². The van der Waals surface area contributed by atoms with Crippen molar-refractivity contribution in [2.75, 3.05) is 0 Å². The van der Waals surface area contributed by atoms with E-state index in [1.807, 2.05) is 6.07 Å². The molecule has 0 N–H and O–H groups in total. The van der Waals surface area contributed by atoms with E-state index in [0.29, 0.717) is 6.20 Å². The van der Waals surface area contributed by atoms with Crippen LogP contribution in [0.3, 0.4) is 0 Å². The van der Waals surface area contributed by atoms with Crippen LogP contribution >= 0.6 is 11.6 Å². The van der Waals surface area contributed by atoms with Crippen LogP contribution in [0.4, 0.5) is 22.0 Å². The van der Waals surface area contributed by atoms with E-state index < -0.39 is 23.4 Å². The van der Waals surface area contributed by atoms with Gasteiger partial charge in [0.25, 0.3) is 0 Å². The lowest BCUT2D eigenvalue weighted by Crippen LogP contribution is -2.10. The van der Waals surface area contributed by atoms with Gasteiger partial charge in [-0.15, -0.1) is 0 Å². The molecule has 0 aliphatic heterocycles. The van der Waals surface area contributed by atoms with Gasteiger partial charge in [0, 0.05) is 18.0 Å². The summed E-state index contributed by atoms with van der Waals surface area (Å²) in [5.41, 5.74) is -1.48. The zero-order valence-corrected chi connectivity index (χ0v) is 18.2. The Morgan fingerprint density at radius 1 is 1.06 bits per heavy atom. The quantitative estimate of drug-likeness (QED) is 0.291. The first-order valence-electron chi connectivity index (χ1n) is 9.58. The molecule has 3 aromatic heterocycles. The molecule has 0 bridgehead atoms. The van der Waals surface area contributed by atoms with Crippen LogP contribution in [0.2, 0.25) is 5.02 Å². The Morgan fingerprint density at radius 2 is 1.79 bits per heavy atom. The van der Waals surface area contributed by atoms with Crippen molar-refractivity contribution in [1.29, 1.82) is 5.26 Å². The van der Waals surface area contributed by atoms with Crippen molar-refractivity contribution in [3.05, 3.63) is 75.7 Å². The molecule has 0 saturated heterocycles. The summed E-state index contributed by atoms with van der Waals surface area (Å²) < 4.78 is 74.1. The number of nitriles is 1. The monoisotopic (exact) mass is 490 g/mol. The molecule has 0 atom stereocenters. The summed E-state index contributed by atoms with van der Waals surface area (Å²) in [5, 5.41) is 9.53. The van der Waals surface area contributed by atoms with E-state index in [9.17, 15) is 27.2 Å². The minimum Gasteiger partial charge on any atom is -0.438 e. The molecule has 0 aliphatic carbocycles. The van der Waals surface area contributed by atoms with Crippen molar-refractivity contribution >= 4 is 22.5 Å². The van der Waals surface area contributed by atoms with Crippen molar-refractivity contribution in [3.8, 4) is 29.0 Å². The molecule has 3 heterocycles. The largest absolute Gasteiger partial charge is 0.438 e. The summed E-state index contributed by atoms with van der Waals surface area (Å²) in [6, 6.07) is 6.56. The van der Waals surface area contributed by atoms with Crippen LogP contribution in [0.1, 0.15) is 22.4 Å². The number of benzene rings is 1. The normalized spacial score (nSPS) is 11.5. The third-order valence-corrected chi connectivity index (χ3v) is 5.44. The summed E-state index contributed by atoms with van der Waals surface area (Å²) in [6.07, 6.45) is -2.84. The Balaban J connectivity index is 1.99. The minimum atomic E-state index is -4.74. The smallest absolute Gasteiger partial charge is 0.418 e. The molecule has 0 amide bonds. The fraction of sp³-hybridized carbons (Fsp3) is 0.130. The maximum absolute atomic E-state index is 14.0. The molecular formula is C23H12ClF5N4O. The highest BCUT2D eigenvalue weighted by atomic mass is 35.5. The summed E-state index contributed by atoms with van der Waals surface area (Å²) in [7, 11) is 0. The van der Waals surface area contributed by atoms with Crippen molar-refractivity contribution in [3.63, 3.8) is 0 Å². The third kappa shape index (κ3) is 3.99. The average Bonchev–Trinajstić information content (AvgIpc) is 2.78. The van der Waals surface area contributed by atoms with Crippen LogP contribution < -0.4 is 4.74 Å². The molecule has 5 nitrogen and oxygen atoms in total. The molecule has 0 saturated carbocycles. The van der Waals surface area contributed by atoms with E-state index >= 15 is 0 Å². The van der Waals surface area contributed by atoms with Crippen LogP contribution in [0.25, 0.3) is 22.2 Å². The lowest BCUT2D eigenvalue weighted by Gasteiger charge is -2.18. The van der Waals surface area contributed by atoms with Gasteiger partial charge in [-0.3, -0.25) is 0 Å². The van der Waals surface area contributed by atoms with E-state index in [2.05, 4.69) is 15.0 Å². The number of hydrogen-bond donors (Lipinski definition) is 0. The third-order valence-electron chi connectivity index (χ3n) is 5.14. The summed E-state index contributed by atoms with van der Waals surface area (Å²) in [5.74, 6) is -2.73. The number of ether oxygens (including phenoxy) is 1. The lowest BCUT2D eigenvalue weighted by molar-refractivity contribution is -0.138. The SMILES string of the molecule is Cc1c(Oc2ncc(C(F)(F)F)c(C)c2-c2cc(Cl)c3c(C#N)nccc3n2)ccc(F)c1F. The van der Waals surface area contributed by atoms with E-state index in [1.165, 1.54) is 32.2 Å². The molecule has 0 aliphatic rings. The Morgan fingerprint density at radius 3 is 2.47 bits per heavy atom. The molecule has 0 radical (unpaired) electrons. The second-order valence-corrected chi connectivity index (χ2v) is 7.62. The molecule has 0 spiro atoms. The Labute approximate surface area is 194 Å². The maximum Gasteiger partial charge on any atom is 0.418 e. The number of aromatic nitrogens is 3. The first kappa shape index (κ1) is 23.3. The fourth-order valence-electron chi connectivity index (χ4n) is 3.44. The summed E-state index contributed by atoms with van der Waals surface area (Å²) in [4.78, 5) is 12.1. The van der Waals surface area contributed by atoms with E-state index in [0.717, 1.165) is 12.1 Å². The van der Waals surface area contributed by atoms with Gasteiger partial charge < -0.3 is 4.74 Å². The van der Waals surface area contributed by atoms with Gasteiger partial charge in [-0.2, -0.15) is 18.4 Å². The number of alkyl halides is 3. The minimum absolute atomic E-state index is 0.00525. The molecule has 4 aromatic rings. The van der Waals surface area contributed by atoms with Gasteiger partial charge in [-0.25, -0.2) is 23.7 Å². The molecule has 0 unspecified atom stereocenters. The summed E-state index contributed by atoms with van der Waals surface area (Å²) in [6.45, 7) is 2.46. The highest BCUT2D eigenvalue weighted by Crippen LogP contribution is 2.42. The molecule has 0 fully saturated rings. The molecule has 34 heavy (non-hydrogen) atoms. The molecule has 172 valence electrons. The zero-order chi connectivity index (χ0) is 24.8. The second-order valence-electron chi connectivity index (χ2n) is 7.22. The molecule has 4 rings (SSSR count). The first-order chi connectivity index (χ1) is 16.0. The number of hydrogen-bond acceptors (Lipinski definition) is 5. The van der Waals surface area contributed by atoms with Crippen LogP contribution in [-0.2, 0) is 6.18 Å². The van der Waals surface area contributed by atoms with Gasteiger partial charge >= 0.3 is 6.18 Å². The predicted molar refractivity (Wildman–Crippen MR) is 113 cm³/mol. The van der Waals surface area contributed by atoms with Crippen LogP contribution in [0.15, 0.2) is 36.7 Å². The van der Waals surface area contributed by atoms with E-state index in [-0.39, 0.29) is 55.6 Å². The molecule has 1 aromatic carbocycles. The van der Waals surface area contributed by atoms with Crippen LogP contribution in [0, 0.1) is 36.8 Å². The number of pyridine rings is 3. The van der Waals surface area contributed by atoms with Crippen molar-refractivity contribution in [2.45, 2.75) is 20.0 Å². The summed E-state index contributed by atoms with van der Waals surface area (Å²) >= 11 is 6.35. The zero-order valence-electron chi connectivity index (χ0n) is 17.4. The standard InChI is InChI=1S/C23H12ClF5N4O/c1-10-12(23(27,28)29)9-32-22(34-18-4-3-14(25)21(26)11(18)2)19(10)16-7-13(24)20-15(33-16)5-6-31-17(20)8-30/h3-7,9H,1-2H3. The van der Waals surface area contributed by atoms with Crippen molar-refractivity contribution < 1.29 is 26.7 Å². The van der Waals surface area contributed by atoms with Crippen LogP contribution in [-0.4, -0.2) is 15.0 Å². The van der Waals surface area contributed by atoms with Gasteiger partial charge in [-0.1, -0.05) is 11.6 Å². The lowest BCUT2D eigenvalue weighted by atomic mass is 10.0. The van der Waals surface area contributed by atoms with Crippen LogP contribution in [0.5, 0.6) is 11.6 Å². The van der Waals surface area contributed by atoms with Gasteiger partial charge in [0.1, 0.15) is 11.8 Å². The Bertz CT molecular complexity index is 1500. The second kappa shape index (κ2) is 8.50. The Kier molecular flexibility index (Phi) is 5.83. The van der Waals surface area contributed by atoms with E-state index in [4.69, 9.17) is 16.3 Å².